The average Bonchev–Trinajstić information content (AvgIpc) is 3.19. The van der Waals surface area contributed by atoms with Gasteiger partial charge in [0.1, 0.15) is 36.3 Å². The summed E-state index contributed by atoms with van der Waals surface area (Å²) in [6, 6.07) is 11.2. The van der Waals surface area contributed by atoms with E-state index in [1.807, 2.05) is 37.0 Å². The van der Waals surface area contributed by atoms with E-state index >= 15 is 0 Å². The van der Waals surface area contributed by atoms with Crippen LogP contribution in [0.2, 0.25) is 0 Å². The van der Waals surface area contributed by atoms with Crippen molar-refractivity contribution in [3.05, 3.63) is 69.5 Å². The SMILES string of the molecule is CC(C)COC(=O)[C@H](C)NP(=O)(OC[C@H]1O[C@@H](n2ncc(=O)[nH]c2=O)[C@@H](O)C1O)Oc1cccc2ccccc12. The Labute approximate surface area is 228 Å². The number of nitrogens with one attached hydrogen (secondary N) is 2. The molecule has 40 heavy (non-hydrogen) atoms. The summed E-state index contributed by atoms with van der Waals surface area (Å²) in [6.45, 7) is 4.73. The molecule has 1 aromatic heterocycles. The summed E-state index contributed by atoms with van der Waals surface area (Å²) >= 11 is 0. The molecule has 1 aliphatic rings. The van der Waals surface area contributed by atoms with Crippen molar-refractivity contribution in [2.45, 2.75) is 51.4 Å². The lowest BCUT2D eigenvalue weighted by Crippen LogP contribution is -2.39. The molecule has 1 fully saturated rings. The van der Waals surface area contributed by atoms with E-state index in [9.17, 15) is 29.2 Å². The standard InChI is InChI=1S/C25H31N4O10P/c1-14(2)12-36-24(33)15(3)28-40(35,39-18-10-6-8-16-7-4-5-9-17(16)18)37-13-19-21(31)22(32)23(38-19)29-25(34)27-20(30)11-26-29/h4-11,14-15,19,21-23,31-32H,12-13H2,1-3H3,(H,28,35)(H,27,30,34)/t15-,19+,21?,22-,23+,40?/m0/s1. The molecule has 14 nitrogen and oxygen atoms in total. The van der Waals surface area contributed by atoms with E-state index in [2.05, 4.69) is 10.2 Å². The van der Waals surface area contributed by atoms with Gasteiger partial charge in [0.15, 0.2) is 6.23 Å². The molecule has 4 N–H and O–H groups in total. The van der Waals surface area contributed by atoms with E-state index in [-0.39, 0.29) is 18.3 Å². The fourth-order valence-electron chi connectivity index (χ4n) is 3.94. The van der Waals surface area contributed by atoms with Crippen LogP contribution in [0.15, 0.2) is 58.3 Å². The number of fused-ring (bicyclic) bond motifs is 1. The molecule has 216 valence electrons. The van der Waals surface area contributed by atoms with E-state index in [4.69, 9.17) is 18.5 Å². The van der Waals surface area contributed by atoms with Crippen molar-refractivity contribution >= 4 is 24.5 Å². The van der Waals surface area contributed by atoms with Crippen LogP contribution in [0, 0.1) is 5.92 Å². The highest BCUT2D eigenvalue weighted by Gasteiger charge is 2.46. The fraction of sp³-hybridized carbons (Fsp3) is 0.440. The van der Waals surface area contributed by atoms with E-state index in [0.717, 1.165) is 11.6 Å². The minimum absolute atomic E-state index is 0.0796. The van der Waals surface area contributed by atoms with Gasteiger partial charge in [-0.15, -0.1) is 0 Å². The van der Waals surface area contributed by atoms with E-state index < -0.39 is 62.2 Å². The number of rotatable bonds is 11. The second-order valence-electron chi connectivity index (χ2n) is 9.67. The molecule has 0 aliphatic carbocycles. The predicted octanol–water partition coefficient (Wildman–Crippen LogP) is 1.09. The Kier molecular flexibility index (Phi) is 9.19. The lowest BCUT2D eigenvalue weighted by Gasteiger charge is -2.25. The Hall–Kier alpha value is -3.39. The van der Waals surface area contributed by atoms with Gasteiger partial charge in [0.05, 0.1) is 13.2 Å². The molecule has 4 rings (SSSR count). The number of aliphatic hydroxyl groups excluding tert-OH is 2. The normalized spacial score (nSPS) is 23.1. The molecule has 0 bridgehead atoms. The van der Waals surface area contributed by atoms with Crippen molar-refractivity contribution in [1.29, 1.82) is 0 Å². The lowest BCUT2D eigenvalue weighted by molar-refractivity contribution is -0.146. The number of carbonyl (C=O) groups is 1. The van der Waals surface area contributed by atoms with Crippen LogP contribution in [-0.2, 0) is 23.4 Å². The van der Waals surface area contributed by atoms with Gasteiger partial charge in [0.25, 0.3) is 5.56 Å². The van der Waals surface area contributed by atoms with Crippen LogP contribution in [0.4, 0.5) is 0 Å². The summed E-state index contributed by atoms with van der Waals surface area (Å²) in [5.74, 6) is -0.405. The maximum Gasteiger partial charge on any atom is 0.459 e. The third-order valence-corrected chi connectivity index (χ3v) is 7.59. The zero-order valence-corrected chi connectivity index (χ0v) is 22.9. The number of nitrogens with zero attached hydrogens (tertiary/aromatic N) is 2. The predicted molar refractivity (Wildman–Crippen MR) is 142 cm³/mol. The molecule has 1 aliphatic heterocycles. The summed E-state index contributed by atoms with van der Waals surface area (Å²) in [6.07, 6.45) is -5.19. The van der Waals surface area contributed by atoms with Crippen molar-refractivity contribution in [2.75, 3.05) is 13.2 Å². The molecule has 2 heterocycles. The van der Waals surface area contributed by atoms with Crippen LogP contribution in [0.1, 0.15) is 27.0 Å². The molecule has 6 atom stereocenters. The zero-order valence-electron chi connectivity index (χ0n) is 22.0. The summed E-state index contributed by atoms with van der Waals surface area (Å²) in [7, 11) is -4.36. The summed E-state index contributed by atoms with van der Waals surface area (Å²) < 4.78 is 36.9. The van der Waals surface area contributed by atoms with E-state index in [1.165, 1.54) is 6.92 Å². The Morgan fingerprint density at radius 3 is 2.60 bits per heavy atom. The number of ether oxygens (including phenoxy) is 2. The van der Waals surface area contributed by atoms with E-state index in [0.29, 0.717) is 10.1 Å². The number of H-pyrrole nitrogens is 1. The van der Waals surface area contributed by atoms with Gasteiger partial charge in [-0.3, -0.25) is 19.1 Å². The van der Waals surface area contributed by atoms with Crippen LogP contribution in [-0.4, -0.2) is 68.5 Å². The Morgan fingerprint density at radius 1 is 1.15 bits per heavy atom. The van der Waals surface area contributed by atoms with Gasteiger partial charge in [0.2, 0.25) is 0 Å². The van der Waals surface area contributed by atoms with Crippen LogP contribution in [0.5, 0.6) is 5.75 Å². The van der Waals surface area contributed by atoms with Crippen molar-refractivity contribution in [3.8, 4) is 5.75 Å². The molecule has 2 aromatic carbocycles. The molecule has 0 spiro atoms. The molecule has 0 amide bonds. The maximum atomic E-state index is 14.0. The molecule has 3 aromatic rings. The van der Waals surface area contributed by atoms with Crippen LogP contribution in [0.25, 0.3) is 10.8 Å². The van der Waals surface area contributed by atoms with Gasteiger partial charge in [-0.05, 0) is 24.3 Å². The van der Waals surface area contributed by atoms with Gasteiger partial charge in [-0.25, -0.2) is 9.36 Å². The highest BCUT2D eigenvalue weighted by molar-refractivity contribution is 7.52. The number of aliphatic hydroxyl groups is 2. The number of carbonyl (C=O) groups excluding carboxylic acids is 1. The zero-order chi connectivity index (χ0) is 29.0. The smallest absolute Gasteiger partial charge is 0.459 e. The second-order valence-corrected chi connectivity index (χ2v) is 11.4. The van der Waals surface area contributed by atoms with Crippen molar-refractivity contribution in [1.82, 2.24) is 19.9 Å². The first kappa shape index (κ1) is 29.6. The molecule has 15 heteroatoms. The number of hydrogen-bond acceptors (Lipinski definition) is 11. The third-order valence-electron chi connectivity index (χ3n) is 5.96. The second kappa shape index (κ2) is 12.4. The minimum Gasteiger partial charge on any atom is -0.464 e. The Bertz CT molecular complexity index is 1500. The summed E-state index contributed by atoms with van der Waals surface area (Å²) in [5, 5.41) is 28.7. The Morgan fingerprint density at radius 2 is 1.88 bits per heavy atom. The quantitative estimate of drug-likeness (QED) is 0.187. The van der Waals surface area contributed by atoms with Crippen molar-refractivity contribution < 1.29 is 38.1 Å². The average molecular weight is 579 g/mol. The third kappa shape index (κ3) is 6.84. The largest absolute Gasteiger partial charge is 0.464 e. The van der Waals surface area contributed by atoms with Gasteiger partial charge < -0.3 is 24.2 Å². The lowest BCUT2D eigenvalue weighted by atomic mass is 10.1. The highest BCUT2D eigenvalue weighted by atomic mass is 31.2. The highest BCUT2D eigenvalue weighted by Crippen LogP contribution is 2.47. The number of benzene rings is 2. The van der Waals surface area contributed by atoms with E-state index in [1.54, 1.807) is 24.3 Å². The minimum atomic E-state index is -4.36. The summed E-state index contributed by atoms with van der Waals surface area (Å²) in [4.78, 5) is 38.0. The topological polar surface area (TPSA) is 191 Å². The van der Waals surface area contributed by atoms with Gasteiger partial charge in [0, 0.05) is 5.39 Å². The molecule has 2 unspecified atom stereocenters. The van der Waals surface area contributed by atoms with Crippen molar-refractivity contribution in [3.63, 3.8) is 0 Å². The molecular formula is C25H31N4O10P. The summed E-state index contributed by atoms with van der Waals surface area (Å²) in [5.41, 5.74) is -1.72. The van der Waals surface area contributed by atoms with Crippen molar-refractivity contribution in [2.24, 2.45) is 5.92 Å². The van der Waals surface area contributed by atoms with Gasteiger partial charge in [-0.2, -0.15) is 14.9 Å². The molecule has 1 saturated heterocycles. The monoisotopic (exact) mass is 578 g/mol. The first-order valence-electron chi connectivity index (χ1n) is 12.5. The maximum absolute atomic E-state index is 14.0. The number of aromatic nitrogens is 3. The van der Waals surface area contributed by atoms with Crippen LogP contribution < -0.4 is 20.9 Å². The Balaban J connectivity index is 1.55. The molecule has 0 radical (unpaired) electrons. The molecule has 0 saturated carbocycles. The van der Waals surface area contributed by atoms with Crippen LogP contribution in [0.3, 0.4) is 0 Å². The van der Waals surface area contributed by atoms with Gasteiger partial charge in [-0.1, -0.05) is 50.2 Å². The van der Waals surface area contributed by atoms with Gasteiger partial charge >= 0.3 is 19.4 Å². The first-order valence-corrected chi connectivity index (χ1v) is 14.1. The first-order chi connectivity index (χ1) is 19.0. The molecular weight excluding hydrogens is 547 g/mol. The number of esters is 1. The number of aromatic amines is 1. The fourth-order valence-corrected chi connectivity index (χ4v) is 5.46. The van der Waals surface area contributed by atoms with Crippen LogP contribution >= 0.6 is 7.75 Å². The number of hydrogen-bond donors (Lipinski definition) is 4.